The van der Waals surface area contributed by atoms with E-state index in [1.165, 1.54) is 10.6 Å². The summed E-state index contributed by atoms with van der Waals surface area (Å²) in [5, 5.41) is 2.84. The zero-order chi connectivity index (χ0) is 19.8. The Hall–Kier alpha value is -2.06. The molecule has 1 atom stereocenters. The van der Waals surface area contributed by atoms with Crippen LogP contribution in [0, 0.1) is 17.8 Å². The normalized spacial score (nSPS) is 25.9. The van der Waals surface area contributed by atoms with Crippen molar-refractivity contribution < 1.29 is 18.0 Å². The number of hydrogen-bond acceptors (Lipinski definition) is 4. The second-order valence-corrected chi connectivity index (χ2v) is 9.52. The first-order valence-electron chi connectivity index (χ1n) is 9.15. The highest BCUT2D eigenvalue weighted by atomic mass is 32.2. The number of aliphatic imine (C=N–C) groups is 1. The van der Waals surface area contributed by atoms with Gasteiger partial charge in [-0.3, -0.25) is 9.59 Å². The molecule has 1 N–H and O–H groups in total. The maximum Gasteiger partial charge on any atom is 0.249 e. The van der Waals surface area contributed by atoms with E-state index in [-0.39, 0.29) is 29.6 Å². The average molecular weight is 391 g/mol. The molecule has 3 aliphatic rings. The van der Waals surface area contributed by atoms with Crippen molar-refractivity contribution in [3.05, 3.63) is 35.6 Å². The molecule has 7 nitrogen and oxygen atoms in total. The SMILES string of the molecule is CC(C)C1=CC(=O)NC2=CC(=NC(=O)C3CCN(S(C)(=O)=O)CC3)C=CC21. The largest absolute Gasteiger partial charge is 0.325 e. The highest BCUT2D eigenvalue weighted by Crippen LogP contribution is 2.31. The minimum Gasteiger partial charge on any atom is -0.325 e. The fourth-order valence-corrected chi connectivity index (χ4v) is 4.54. The zero-order valence-corrected chi connectivity index (χ0v) is 16.6. The van der Waals surface area contributed by atoms with Gasteiger partial charge in [0.05, 0.1) is 12.0 Å². The molecule has 146 valence electrons. The van der Waals surface area contributed by atoms with Crippen molar-refractivity contribution in [2.24, 2.45) is 22.7 Å². The van der Waals surface area contributed by atoms with Gasteiger partial charge in [-0.15, -0.1) is 0 Å². The summed E-state index contributed by atoms with van der Waals surface area (Å²) in [4.78, 5) is 28.6. The van der Waals surface area contributed by atoms with Gasteiger partial charge in [0.25, 0.3) is 0 Å². The van der Waals surface area contributed by atoms with Crippen LogP contribution in [-0.2, 0) is 19.6 Å². The Morgan fingerprint density at radius 1 is 1.26 bits per heavy atom. The first-order chi connectivity index (χ1) is 12.6. The highest BCUT2D eigenvalue weighted by molar-refractivity contribution is 7.88. The lowest BCUT2D eigenvalue weighted by molar-refractivity contribution is -0.122. The third-order valence-corrected chi connectivity index (χ3v) is 6.50. The number of nitrogens with one attached hydrogen (secondary N) is 1. The van der Waals surface area contributed by atoms with Gasteiger partial charge in [0.15, 0.2) is 0 Å². The van der Waals surface area contributed by atoms with Crippen LogP contribution < -0.4 is 5.32 Å². The molecule has 0 bridgehead atoms. The molecule has 2 heterocycles. The van der Waals surface area contributed by atoms with E-state index in [0.29, 0.717) is 31.6 Å². The minimum atomic E-state index is -3.21. The number of carbonyl (C=O) groups is 2. The Bertz CT molecular complexity index is 873. The second-order valence-electron chi connectivity index (χ2n) is 7.54. The van der Waals surface area contributed by atoms with E-state index >= 15 is 0 Å². The fourth-order valence-electron chi connectivity index (χ4n) is 3.67. The van der Waals surface area contributed by atoms with Gasteiger partial charge in [0.1, 0.15) is 0 Å². The lowest BCUT2D eigenvalue weighted by atomic mass is 9.82. The second kappa shape index (κ2) is 7.52. The predicted molar refractivity (Wildman–Crippen MR) is 103 cm³/mol. The first kappa shape index (κ1) is 19.7. The Labute approximate surface area is 160 Å². The van der Waals surface area contributed by atoms with Crippen LogP contribution in [-0.4, -0.2) is 49.6 Å². The van der Waals surface area contributed by atoms with Crippen LogP contribution in [0.1, 0.15) is 26.7 Å². The van der Waals surface area contributed by atoms with Crippen LogP contribution in [0.4, 0.5) is 0 Å². The van der Waals surface area contributed by atoms with Gasteiger partial charge in [-0.2, -0.15) is 0 Å². The minimum absolute atomic E-state index is 0.00903. The molecule has 2 amide bonds. The number of fused-ring (bicyclic) bond motifs is 1. The van der Waals surface area contributed by atoms with Crippen molar-refractivity contribution in [3.63, 3.8) is 0 Å². The van der Waals surface area contributed by atoms with Gasteiger partial charge in [-0.1, -0.05) is 19.9 Å². The molecular weight excluding hydrogens is 366 g/mol. The molecule has 2 aliphatic heterocycles. The number of rotatable bonds is 3. The number of allylic oxidation sites excluding steroid dienone is 3. The monoisotopic (exact) mass is 391 g/mol. The maximum absolute atomic E-state index is 12.5. The Kier molecular flexibility index (Phi) is 5.48. The molecule has 0 saturated carbocycles. The van der Waals surface area contributed by atoms with Gasteiger partial charge in [0.2, 0.25) is 21.8 Å². The summed E-state index contributed by atoms with van der Waals surface area (Å²) in [6.45, 7) is 4.78. The standard InChI is InChI=1S/C19H25N3O4S/c1-12(2)16-11-18(23)21-17-10-14(4-5-15(16)17)20-19(24)13-6-8-22(9-7-13)27(3,25)26/h4-5,10-13,15H,6-9H2,1-3H3,(H,21,23). The molecule has 1 saturated heterocycles. The number of carbonyl (C=O) groups excluding carboxylic acids is 2. The van der Waals surface area contributed by atoms with Crippen LogP contribution in [0.15, 0.2) is 40.6 Å². The van der Waals surface area contributed by atoms with Crippen molar-refractivity contribution >= 4 is 27.5 Å². The van der Waals surface area contributed by atoms with E-state index < -0.39 is 10.0 Å². The van der Waals surface area contributed by atoms with Crippen molar-refractivity contribution in [2.45, 2.75) is 26.7 Å². The van der Waals surface area contributed by atoms with Crippen molar-refractivity contribution in [2.75, 3.05) is 19.3 Å². The number of hydrogen-bond donors (Lipinski definition) is 1. The number of nitrogens with zero attached hydrogens (tertiary/aromatic N) is 2. The summed E-state index contributed by atoms with van der Waals surface area (Å²) in [5.41, 5.74) is 2.30. The first-order valence-corrected chi connectivity index (χ1v) is 11.0. The quantitative estimate of drug-likeness (QED) is 0.787. The summed E-state index contributed by atoms with van der Waals surface area (Å²) in [6.07, 6.45) is 9.29. The maximum atomic E-state index is 12.5. The molecule has 1 unspecified atom stereocenters. The molecule has 1 aliphatic carbocycles. The molecule has 1 fully saturated rings. The van der Waals surface area contributed by atoms with E-state index in [2.05, 4.69) is 10.3 Å². The lowest BCUT2D eigenvalue weighted by Gasteiger charge is -2.30. The summed E-state index contributed by atoms with van der Waals surface area (Å²) >= 11 is 0. The van der Waals surface area contributed by atoms with E-state index in [0.717, 1.165) is 11.3 Å². The van der Waals surface area contributed by atoms with Crippen molar-refractivity contribution in [3.8, 4) is 0 Å². The fraction of sp³-hybridized carbons (Fsp3) is 0.526. The van der Waals surface area contributed by atoms with Crippen LogP contribution in [0.2, 0.25) is 0 Å². The van der Waals surface area contributed by atoms with Gasteiger partial charge < -0.3 is 5.32 Å². The van der Waals surface area contributed by atoms with E-state index in [1.54, 1.807) is 12.2 Å². The van der Waals surface area contributed by atoms with Crippen LogP contribution >= 0.6 is 0 Å². The van der Waals surface area contributed by atoms with Crippen LogP contribution in [0.3, 0.4) is 0 Å². The molecular formula is C19H25N3O4S. The van der Waals surface area contributed by atoms with Crippen molar-refractivity contribution in [1.82, 2.24) is 9.62 Å². The third kappa shape index (κ3) is 4.44. The number of piperidine rings is 1. The van der Waals surface area contributed by atoms with Gasteiger partial charge >= 0.3 is 0 Å². The van der Waals surface area contributed by atoms with E-state index in [4.69, 9.17) is 0 Å². The smallest absolute Gasteiger partial charge is 0.249 e. The van der Waals surface area contributed by atoms with E-state index in [9.17, 15) is 18.0 Å². The van der Waals surface area contributed by atoms with Gasteiger partial charge in [-0.25, -0.2) is 17.7 Å². The highest BCUT2D eigenvalue weighted by Gasteiger charge is 2.30. The molecule has 0 aromatic rings. The number of sulfonamides is 1. The zero-order valence-electron chi connectivity index (χ0n) is 15.8. The van der Waals surface area contributed by atoms with Crippen molar-refractivity contribution in [1.29, 1.82) is 0 Å². The molecule has 27 heavy (non-hydrogen) atoms. The number of amides is 2. The Morgan fingerprint density at radius 2 is 1.93 bits per heavy atom. The molecule has 0 aromatic heterocycles. The summed E-state index contributed by atoms with van der Waals surface area (Å²) in [7, 11) is -3.21. The molecule has 3 rings (SSSR count). The van der Waals surface area contributed by atoms with Gasteiger partial charge in [0, 0.05) is 36.7 Å². The topological polar surface area (TPSA) is 95.9 Å². The molecule has 0 radical (unpaired) electrons. The lowest BCUT2D eigenvalue weighted by Crippen LogP contribution is -2.39. The van der Waals surface area contributed by atoms with Crippen LogP contribution in [0.5, 0.6) is 0 Å². The summed E-state index contributed by atoms with van der Waals surface area (Å²) < 4.78 is 24.5. The van der Waals surface area contributed by atoms with Crippen LogP contribution in [0.25, 0.3) is 0 Å². The predicted octanol–water partition coefficient (Wildman–Crippen LogP) is 1.41. The molecule has 0 spiro atoms. The third-order valence-electron chi connectivity index (χ3n) is 5.20. The van der Waals surface area contributed by atoms with E-state index in [1.807, 2.05) is 26.0 Å². The summed E-state index contributed by atoms with van der Waals surface area (Å²) in [5.74, 6) is -0.411. The Balaban J connectivity index is 1.71. The molecule has 0 aromatic carbocycles. The van der Waals surface area contributed by atoms with Gasteiger partial charge in [-0.05, 0) is 36.5 Å². The summed E-state index contributed by atoms with van der Waals surface area (Å²) in [6, 6.07) is 0. The average Bonchev–Trinajstić information content (AvgIpc) is 2.60. The Morgan fingerprint density at radius 3 is 2.52 bits per heavy atom. The molecule has 8 heteroatoms.